The largest absolute Gasteiger partial charge is 0.493 e. The van der Waals surface area contributed by atoms with E-state index in [9.17, 15) is 14.0 Å². The van der Waals surface area contributed by atoms with Crippen molar-refractivity contribution in [3.63, 3.8) is 0 Å². The Morgan fingerprint density at radius 2 is 1.59 bits per heavy atom. The van der Waals surface area contributed by atoms with Gasteiger partial charge in [-0.05, 0) is 61.0 Å². The minimum atomic E-state index is -0.379. The van der Waals surface area contributed by atoms with Gasteiger partial charge >= 0.3 is 0 Å². The maximum atomic E-state index is 13.0. The normalized spacial score (nSPS) is 10.3. The van der Waals surface area contributed by atoms with Crippen LogP contribution in [0.5, 0.6) is 5.75 Å². The van der Waals surface area contributed by atoms with E-state index in [2.05, 4.69) is 10.6 Å². The van der Waals surface area contributed by atoms with Crippen LogP contribution in [0, 0.1) is 5.82 Å². The molecule has 148 valence electrons. The molecule has 0 aliphatic carbocycles. The number of amides is 2. The molecular formula is C23H21FN2O3. The van der Waals surface area contributed by atoms with Crippen LogP contribution in [0.1, 0.15) is 34.1 Å². The third kappa shape index (κ3) is 5.42. The van der Waals surface area contributed by atoms with Crippen molar-refractivity contribution in [3.05, 3.63) is 89.7 Å². The summed E-state index contributed by atoms with van der Waals surface area (Å²) in [6.07, 6.45) is 0.834. The van der Waals surface area contributed by atoms with Gasteiger partial charge in [0.25, 0.3) is 11.8 Å². The molecule has 0 heterocycles. The van der Waals surface area contributed by atoms with Crippen molar-refractivity contribution >= 4 is 23.2 Å². The van der Waals surface area contributed by atoms with Gasteiger partial charge in [0.05, 0.1) is 12.2 Å². The Labute approximate surface area is 168 Å². The summed E-state index contributed by atoms with van der Waals surface area (Å²) in [6, 6.07) is 19.1. The van der Waals surface area contributed by atoms with Crippen molar-refractivity contribution in [2.45, 2.75) is 13.3 Å². The molecule has 5 nitrogen and oxygen atoms in total. The van der Waals surface area contributed by atoms with Crippen LogP contribution in [0.15, 0.2) is 72.8 Å². The summed E-state index contributed by atoms with van der Waals surface area (Å²) in [4.78, 5) is 25.1. The second-order valence-corrected chi connectivity index (χ2v) is 6.34. The summed E-state index contributed by atoms with van der Waals surface area (Å²) in [5, 5.41) is 5.48. The Morgan fingerprint density at radius 1 is 0.862 bits per heavy atom. The monoisotopic (exact) mass is 392 g/mol. The molecule has 0 aliphatic rings. The average molecular weight is 392 g/mol. The number of para-hydroxylation sites is 1. The number of benzene rings is 3. The van der Waals surface area contributed by atoms with E-state index in [0.717, 1.165) is 6.42 Å². The SMILES string of the molecule is CCCOc1ccccc1C(=O)Nc1cccc(C(=O)Nc2ccc(F)cc2)c1. The Balaban J connectivity index is 1.72. The van der Waals surface area contributed by atoms with E-state index < -0.39 is 0 Å². The zero-order chi connectivity index (χ0) is 20.6. The molecule has 3 rings (SSSR count). The molecule has 0 bridgehead atoms. The quantitative estimate of drug-likeness (QED) is 0.586. The highest BCUT2D eigenvalue weighted by Gasteiger charge is 2.13. The number of halogens is 1. The molecule has 6 heteroatoms. The second-order valence-electron chi connectivity index (χ2n) is 6.34. The van der Waals surface area contributed by atoms with Crippen molar-refractivity contribution in [2.75, 3.05) is 17.2 Å². The third-order valence-corrected chi connectivity index (χ3v) is 4.08. The average Bonchev–Trinajstić information content (AvgIpc) is 2.74. The van der Waals surface area contributed by atoms with Crippen LogP contribution < -0.4 is 15.4 Å². The van der Waals surface area contributed by atoms with Gasteiger partial charge in [-0.2, -0.15) is 0 Å². The van der Waals surface area contributed by atoms with Gasteiger partial charge in [-0.25, -0.2) is 4.39 Å². The summed E-state index contributed by atoms with van der Waals surface area (Å²) in [5.74, 6) is -0.555. The molecule has 29 heavy (non-hydrogen) atoms. The van der Waals surface area contributed by atoms with Gasteiger partial charge in [0.2, 0.25) is 0 Å². The smallest absolute Gasteiger partial charge is 0.259 e. The molecule has 0 aromatic heterocycles. The highest BCUT2D eigenvalue weighted by Crippen LogP contribution is 2.21. The van der Waals surface area contributed by atoms with Crippen molar-refractivity contribution in [3.8, 4) is 5.75 Å². The molecule has 0 aliphatic heterocycles. The van der Waals surface area contributed by atoms with Crippen LogP contribution in [0.4, 0.5) is 15.8 Å². The lowest BCUT2D eigenvalue weighted by Crippen LogP contribution is -2.15. The lowest BCUT2D eigenvalue weighted by atomic mass is 10.1. The number of rotatable bonds is 7. The molecule has 0 saturated carbocycles. The molecule has 2 amide bonds. The summed E-state index contributed by atoms with van der Waals surface area (Å²) in [6.45, 7) is 2.51. The fraction of sp³-hybridized carbons (Fsp3) is 0.130. The van der Waals surface area contributed by atoms with Gasteiger partial charge in [0.1, 0.15) is 11.6 Å². The van der Waals surface area contributed by atoms with Crippen LogP contribution in [-0.4, -0.2) is 18.4 Å². The van der Waals surface area contributed by atoms with Crippen molar-refractivity contribution in [1.82, 2.24) is 0 Å². The summed E-state index contributed by atoms with van der Waals surface area (Å²) in [7, 11) is 0. The topological polar surface area (TPSA) is 67.4 Å². The molecular weight excluding hydrogens is 371 g/mol. The molecule has 0 unspecified atom stereocenters. The second kappa shape index (κ2) is 9.50. The van der Waals surface area contributed by atoms with Crippen LogP contribution in [0.2, 0.25) is 0 Å². The van der Waals surface area contributed by atoms with Gasteiger partial charge in [-0.15, -0.1) is 0 Å². The zero-order valence-corrected chi connectivity index (χ0v) is 15.9. The van der Waals surface area contributed by atoms with Crippen LogP contribution in [0.3, 0.4) is 0 Å². The first kappa shape index (κ1) is 20.1. The van der Waals surface area contributed by atoms with Crippen molar-refractivity contribution in [2.24, 2.45) is 0 Å². The number of hydrogen-bond acceptors (Lipinski definition) is 3. The van der Waals surface area contributed by atoms with Crippen molar-refractivity contribution < 1.29 is 18.7 Å². The maximum absolute atomic E-state index is 13.0. The van der Waals surface area contributed by atoms with Gasteiger partial charge in [0.15, 0.2) is 0 Å². The lowest BCUT2D eigenvalue weighted by molar-refractivity contribution is 0.101. The van der Waals surface area contributed by atoms with Gasteiger partial charge in [-0.1, -0.05) is 25.1 Å². The van der Waals surface area contributed by atoms with E-state index >= 15 is 0 Å². The maximum Gasteiger partial charge on any atom is 0.259 e. The first-order valence-electron chi connectivity index (χ1n) is 9.27. The third-order valence-electron chi connectivity index (χ3n) is 4.08. The Morgan fingerprint density at radius 3 is 2.34 bits per heavy atom. The molecule has 0 atom stereocenters. The molecule has 0 fully saturated rings. The Kier molecular flexibility index (Phi) is 6.58. The Hall–Kier alpha value is -3.67. The Bertz CT molecular complexity index is 1000. The first-order valence-corrected chi connectivity index (χ1v) is 9.27. The van der Waals surface area contributed by atoms with Crippen LogP contribution in [-0.2, 0) is 0 Å². The molecule has 0 saturated heterocycles. The van der Waals surface area contributed by atoms with E-state index in [1.165, 1.54) is 24.3 Å². The summed E-state index contributed by atoms with van der Waals surface area (Å²) in [5.41, 5.74) is 1.74. The van der Waals surface area contributed by atoms with E-state index in [-0.39, 0.29) is 17.6 Å². The van der Waals surface area contributed by atoms with E-state index in [1.54, 1.807) is 42.5 Å². The predicted octanol–water partition coefficient (Wildman–Crippen LogP) is 5.12. The number of nitrogens with one attached hydrogen (secondary N) is 2. The molecule has 2 N–H and O–H groups in total. The minimum absolute atomic E-state index is 0.326. The summed E-state index contributed by atoms with van der Waals surface area (Å²) < 4.78 is 18.6. The first-order chi connectivity index (χ1) is 14.1. The zero-order valence-electron chi connectivity index (χ0n) is 15.9. The summed E-state index contributed by atoms with van der Waals surface area (Å²) >= 11 is 0. The molecule has 0 radical (unpaired) electrons. The number of carbonyl (C=O) groups is 2. The minimum Gasteiger partial charge on any atom is -0.493 e. The number of hydrogen-bond donors (Lipinski definition) is 2. The number of ether oxygens (including phenoxy) is 1. The molecule has 3 aromatic carbocycles. The van der Waals surface area contributed by atoms with E-state index in [4.69, 9.17) is 4.74 Å². The predicted molar refractivity (Wildman–Crippen MR) is 111 cm³/mol. The molecule has 3 aromatic rings. The van der Waals surface area contributed by atoms with Crippen molar-refractivity contribution in [1.29, 1.82) is 0 Å². The van der Waals surface area contributed by atoms with E-state index in [0.29, 0.717) is 34.9 Å². The fourth-order valence-corrected chi connectivity index (χ4v) is 2.67. The highest BCUT2D eigenvalue weighted by molar-refractivity contribution is 6.08. The van der Waals surface area contributed by atoms with Crippen LogP contribution in [0.25, 0.3) is 0 Å². The number of carbonyl (C=O) groups excluding carboxylic acids is 2. The number of anilines is 2. The standard InChI is InChI=1S/C23H21FN2O3/c1-2-14-29-21-9-4-3-8-20(21)23(28)26-19-7-5-6-16(15-19)22(27)25-18-12-10-17(24)11-13-18/h3-13,15H,2,14H2,1H3,(H,25,27)(H,26,28). The van der Waals surface area contributed by atoms with Gasteiger partial charge < -0.3 is 15.4 Å². The molecule has 0 spiro atoms. The van der Waals surface area contributed by atoms with E-state index in [1.807, 2.05) is 13.0 Å². The van der Waals surface area contributed by atoms with Crippen LogP contribution >= 0.6 is 0 Å². The van der Waals surface area contributed by atoms with Gasteiger partial charge in [-0.3, -0.25) is 9.59 Å². The lowest BCUT2D eigenvalue weighted by Gasteiger charge is -2.12. The highest BCUT2D eigenvalue weighted by atomic mass is 19.1. The fourth-order valence-electron chi connectivity index (χ4n) is 2.67. The van der Waals surface area contributed by atoms with Gasteiger partial charge in [0, 0.05) is 16.9 Å².